The van der Waals surface area contributed by atoms with Crippen LogP contribution in [0.15, 0.2) is 55.0 Å². The van der Waals surface area contributed by atoms with Crippen LogP contribution in [-0.2, 0) is 20.1 Å². The highest BCUT2D eigenvalue weighted by Gasteiger charge is 2.15. The van der Waals surface area contributed by atoms with Crippen molar-refractivity contribution >= 4 is 10.9 Å². The van der Waals surface area contributed by atoms with Crippen molar-refractivity contribution in [1.29, 1.82) is 0 Å². The smallest absolute Gasteiger partial charge is 0.173 e. The lowest BCUT2D eigenvalue weighted by Gasteiger charge is -2.23. The fraction of sp³-hybridized carbons (Fsp3) is 0.316. The molecule has 24 heavy (non-hydrogen) atoms. The van der Waals surface area contributed by atoms with E-state index in [2.05, 4.69) is 92.3 Å². The van der Waals surface area contributed by atoms with Crippen LogP contribution in [-0.4, -0.2) is 30.2 Å². The molecule has 2 heterocycles. The number of halogens is 2. The molecule has 0 radical (unpaired) electrons. The first-order valence-electron chi connectivity index (χ1n) is 7.74. The predicted molar refractivity (Wildman–Crippen MR) is 90.4 cm³/mol. The molecule has 2 aromatic heterocycles. The molecule has 0 bridgehead atoms. The molecular formula is C19H25I2N3. The number of para-hydroxylation sites is 1. The van der Waals surface area contributed by atoms with E-state index in [0.29, 0.717) is 0 Å². The van der Waals surface area contributed by atoms with Gasteiger partial charge in [0.2, 0.25) is 0 Å². The number of aryl methyl sites for hydroxylation is 1. The first-order chi connectivity index (χ1) is 10.4. The molecule has 0 aliphatic heterocycles. The number of rotatable bonds is 4. The van der Waals surface area contributed by atoms with Crippen LogP contribution in [0.3, 0.4) is 0 Å². The van der Waals surface area contributed by atoms with E-state index in [4.69, 9.17) is 0 Å². The lowest BCUT2D eigenvalue weighted by molar-refractivity contribution is -0.883. The zero-order chi connectivity index (χ0) is 15.7. The van der Waals surface area contributed by atoms with E-state index in [-0.39, 0.29) is 48.0 Å². The van der Waals surface area contributed by atoms with E-state index in [0.717, 1.165) is 17.6 Å². The van der Waals surface area contributed by atoms with Crippen LogP contribution >= 0.6 is 0 Å². The van der Waals surface area contributed by atoms with Gasteiger partial charge in [-0.1, -0.05) is 18.2 Å². The van der Waals surface area contributed by atoms with E-state index in [9.17, 15) is 0 Å². The largest absolute Gasteiger partial charge is 1.00 e. The van der Waals surface area contributed by atoms with Gasteiger partial charge in [0.1, 0.15) is 13.6 Å². The van der Waals surface area contributed by atoms with E-state index < -0.39 is 0 Å². The average Bonchev–Trinajstić information content (AvgIpc) is 2.75. The molecular weight excluding hydrogens is 524 g/mol. The zero-order valence-electron chi connectivity index (χ0n) is 14.7. The predicted octanol–water partition coefficient (Wildman–Crippen LogP) is -3.27. The Morgan fingerprint density at radius 2 is 1.71 bits per heavy atom. The summed E-state index contributed by atoms with van der Waals surface area (Å²) in [5.74, 6) is 0. The van der Waals surface area contributed by atoms with Crippen molar-refractivity contribution in [3.63, 3.8) is 0 Å². The van der Waals surface area contributed by atoms with Crippen LogP contribution in [0.5, 0.6) is 0 Å². The fourth-order valence-corrected chi connectivity index (χ4v) is 3.03. The summed E-state index contributed by atoms with van der Waals surface area (Å²) in [5, 5.41) is 1.37. The van der Waals surface area contributed by atoms with Crippen LogP contribution in [0.4, 0.5) is 0 Å². The van der Waals surface area contributed by atoms with Gasteiger partial charge in [0.15, 0.2) is 12.4 Å². The van der Waals surface area contributed by atoms with Crippen molar-refractivity contribution in [2.45, 2.75) is 13.1 Å². The Kier molecular flexibility index (Phi) is 7.68. The fourth-order valence-electron chi connectivity index (χ4n) is 3.03. The minimum absolute atomic E-state index is 0. The molecule has 0 unspecified atom stereocenters. The molecule has 0 saturated heterocycles. The summed E-state index contributed by atoms with van der Waals surface area (Å²) in [6.07, 6.45) is 6.58. The van der Waals surface area contributed by atoms with Crippen LogP contribution < -0.4 is 52.5 Å². The number of nitrogens with zero attached hydrogens (tertiary/aromatic N) is 3. The second-order valence-corrected chi connectivity index (χ2v) is 7.13. The Hall–Kier alpha value is -0.670. The molecule has 0 fully saturated rings. The molecule has 0 amide bonds. The maximum atomic E-state index is 2.37. The number of aromatic nitrogens is 2. The van der Waals surface area contributed by atoms with E-state index in [1.54, 1.807) is 0 Å². The molecule has 1 aromatic carbocycles. The Morgan fingerprint density at radius 1 is 1.00 bits per heavy atom. The van der Waals surface area contributed by atoms with Gasteiger partial charge in [0, 0.05) is 34.3 Å². The number of fused-ring (bicyclic) bond motifs is 1. The van der Waals surface area contributed by atoms with Crippen molar-refractivity contribution in [2.24, 2.45) is 7.05 Å². The average molecular weight is 549 g/mol. The summed E-state index contributed by atoms with van der Waals surface area (Å²) in [6, 6.07) is 13.0. The maximum Gasteiger partial charge on any atom is 0.173 e. The Balaban J connectivity index is 0.00000144. The van der Waals surface area contributed by atoms with Crippen molar-refractivity contribution < 1.29 is 57.0 Å². The number of quaternary nitrogens is 1. The molecule has 3 nitrogen and oxygen atoms in total. The molecule has 0 spiro atoms. The van der Waals surface area contributed by atoms with Crippen molar-refractivity contribution in [1.82, 2.24) is 4.57 Å². The molecule has 5 heteroatoms. The van der Waals surface area contributed by atoms with Crippen LogP contribution in [0.1, 0.15) is 11.1 Å². The van der Waals surface area contributed by atoms with Gasteiger partial charge in [-0.3, -0.25) is 0 Å². The highest BCUT2D eigenvalue weighted by atomic mass is 127. The first-order valence-corrected chi connectivity index (χ1v) is 7.74. The van der Waals surface area contributed by atoms with Gasteiger partial charge in [0.25, 0.3) is 0 Å². The zero-order valence-corrected chi connectivity index (χ0v) is 19.0. The van der Waals surface area contributed by atoms with E-state index in [1.165, 1.54) is 22.0 Å². The summed E-state index contributed by atoms with van der Waals surface area (Å²) in [7, 11) is 8.79. The molecule has 0 saturated carbocycles. The molecule has 0 N–H and O–H groups in total. The lowest BCUT2D eigenvalue weighted by atomic mass is 10.1. The monoisotopic (exact) mass is 549 g/mol. The van der Waals surface area contributed by atoms with Crippen molar-refractivity contribution in [2.75, 3.05) is 21.1 Å². The SMILES string of the molecule is C[n+]1cccc(Cn2cc(C[N+](C)(C)C)c3ccccc32)c1.[I-].[I-]. The second-order valence-electron chi connectivity index (χ2n) is 7.13. The third kappa shape index (κ3) is 5.16. The van der Waals surface area contributed by atoms with Gasteiger partial charge in [0.05, 0.1) is 27.7 Å². The summed E-state index contributed by atoms with van der Waals surface area (Å²) in [4.78, 5) is 0. The summed E-state index contributed by atoms with van der Waals surface area (Å²) < 4.78 is 5.41. The van der Waals surface area contributed by atoms with Crippen molar-refractivity contribution in [3.05, 3.63) is 66.1 Å². The Morgan fingerprint density at radius 3 is 2.38 bits per heavy atom. The number of hydrogen-bond acceptors (Lipinski definition) is 0. The highest BCUT2D eigenvalue weighted by molar-refractivity contribution is 5.83. The molecule has 0 atom stereocenters. The summed E-state index contributed by atoms with van der Waals surface area (Å²) in [6.45, 7) is 1.95. The molecule has 3 aromatic rings. The number of hydrogen-bond donors (Lipinski definition) is 0. The number of pyridine rings is 1. The number of benzene rings is 1. The van der Waals surface area contributed by atoms with Gasteiger partial charge in [-0.05, 0) is 12.1 Å². The molecule has 0 aliphatic rings. The van der Waals surface area contributed by atoms with Crippen molar-refractivity contribution in [3.8, 4) is 0 Å². The van der Waals surface area contributed by atoms with Crippen LogP contribution in [0.2, 0.25) is 0 Å². The van der Waals surface area contributed by atoms with Gasteiger partial charge in [-0.15, -0.1) is 0 Å². The van der Waals surface area contributed by atoms with Crippen LogP contribution in [0, 0.1) is 0 Å². The third-order valence-electron chi connectivity index (χ3n) is 3.87. The summed E-state index contributed by atoms with van der Waals surface area (Å²) >= 11 is 0. The molecule has 130 valence electrons. The van der Waals surface area contributed by atoms with E-state index in [1.807, 2.05) is 0 Å². The lowest BCUT2D eigenvalue weighted by Crippen LogP contribution is -3.00. The highest BCUT2D eigenvalue weighted by Crippen LogP contribution is 2.24. The Labute approximate surface area is 178 Å². The maximum absolute atomic E-state index is 2.37. The first kappa shape index (κ1) is 21.4. The second kappa shape index (κ2) is 8.62. The standard InChI is InChI=1S/C19H25N3.2HI/c1-20-11-7-8-16(12-20)13-21-14-17(15-22(2,3)4)18-9-5-6-10-19(18)21;;/h5-12,14H,13,15H2,1-4H3;2*1H/q+2;;/p-2. The summed E-state index contributed by atoms with van der Waals surface area (Å²) in [5.41, 5.74) is 4.06. The van der Waals surface area contributed by atoms with Gasteiger partial charge in [-0.2, -0.15) is 0 Å². The Bertz CT molecular complexity index is 804. The van der Waals surface area contributed by atoms with E-state index >= 15 is 0 Å². The minimum atomic E-state index is 0. The third-order valence-corrected chi connectivity index (χ3v) is 3.87. The minimum Gasteiger partial charge on any atom is -1.00 e. The molecule has 3 rings (SSSR count). The quantitative estimate of drug-likeness (QED) is 0.184. The van der Waals surface area contributed by atoms with Gasteiger partial charge in [-0.25, -0.2) is 4.57 Å². The topological polar surface area (TPSA) is 8.81 Å². The normalized spacial score (nSPS) is 11.0. The van der Waals surface area contributed by atoms with Gasteiger partial charge < -0.3 is 57.0 Å². The molecule has 0 aliphatic carbocycles. The van der Waals surface area contributed by atoms with Crippen LogP contribution in [0.25, 0.3) is 10.9 Å². The van der Waals surface area contributed by atoms with Gasteiger partial charge >= 0.3 is 0 Å².